The topological polar surface area (TPSA) is 111 Å². The molecule has 0 saturated carbocycles. The van der Waals surface area contributed by atoms with Crippen LogP contribution in [0.4, 0.5) is 5.69 Å². The predicted molar refractivity (Wildman–Crippen MR) is 102 cm³/mol. The molecular formula is C20H19N3O4. The smallest absolute Gasteiger partial charge is 0.339 e. The highest BCUT2D eigenvalue weighted by molar-refractivity contribution is 6.17. The largest absolute Gasteiger partial charge is 0.507 e. The second-order valence-electron chi connectivity index (χ2n) is 6.43. The minimum absolute atomic E-state index is 0.0969. The summed E-state index contributed by atoms with van der Waals surface area (Å²) in [7, 11) is 0. The Kier molecular flexibility index (Phi) is 5.03. The van der Waals surface area contributed by atoms with Gasteiger partial charge in [-0.3, -0.25) is 10.1 Å². The lowest BCUT2D eigenvalue weighted by Gasteiger charge is -2.21. The lowest BCUT2D eigenvalue weighted by Crippen LogP contribution is -2.43. The molecule has 1 aliphatic heterocycles. The molecule has 1 heterocycles. The average molecular weight is 365 g/mol. The molecule has 3 N–H and O–H groups in total. The molecule has 0 bridgehead atoms. The standard InChI is InChI=1S/C20H19N3O4/c1-11-3-5-13(6-4-11)9-15-12(2)21-20(23-18(15)25)22-14-7-8-17(24)16(10-14)19(26)27/h3-8,10,15,24H,9H2,1-2H3,(H,26,27)(H,22,23,25). The number of carbonyl (C=O) groups is 2. The van der Waals surface area contributed by atoms with E-state index in [4.69, 9.17) is 5.11 Å². The number of rotatable bonds is 4. The normalized spacial score (nSPS) is 18.1. The van der Waals surface area contributed by atoms with Crippen LogP contribution in [-0.4, -0.2) is 33.8 Å². The molecule has 0 fully saturated rings. The van der Waals surface area contributed by atoms with Crippen LogP contribution in [0.25, 0.3) is 0 Å². The Morgan fingerprint density at radius 1 is 1.19 bits per heavy atom. The number of hydrogen-bond donors (Lipinski definition) is 3. The Bertz CT molecular complexity index is 962. The molecular weight excluding hydrogens is 346 g/mol. The predicted octanol–water partition coefficient (Wildman–Crippen LogP) is 2.84. The van der Waals surface area contributed by atoms with Crippen LogP contribution in [0.5, 0.6) is 5.75 Å². The Morgan fingerprint density at radius 3 is 2.52 bits per heavy atom. The van der Waals surface area contributed by atoms with Crippen LogP contribution in [0.2, 0.25) is 0 Å². The van der Waals surface area contributed by atoms with Crippen molar-refractivity contribution in [2.45, 2.75) is 20.3 Å². The van der Waals surface area contributed by atoms with Gasteiger partial charge in [0.1, 0.15) is 11.3 Å². The summed E-state index contributed by atoms with van der Waals surface area (Å²) in [6.07, 6.45) is 0.539. The molecule has 0 spiro atoms. The molecule has 3 rings (SSSR count). The summed E-state index contributed by atoms with van der Waals surface area (Å²) >= 11 is 0. The van der Waals surface area contributed by atoms with E-state index < -0.39 is 5.97 Å². The van der Waals surface area contributed by atoms with Gasteiger partial charge < -0.3 is 10.2 Å². The van der Waals surface area contributed by atoms with Gasteiger partial charge in [0.25, 0.3) is 0 Å². The number of hydrogen-bond acceptors (Lipinski definition) is 4. The fraction of sp³-hybridized carbons (Fsp3) is 0.200. The molecule has 27 heavy (non-hydrogen) atoms. The lowest BCUT2D eigenvalue weighted by atomic mass is 9.93. The number of nitrogens with one attached hydrogen (secondary N) is 1. The van der Waals surface area contributed by atoms with Crippen molar-refractivity contribution in [1.29, 1.82) is 0 Å². The van der Waals surface area contributed by atoms with Crippen LogP contribution < -0.4 is 5.32 Å². The number of guanidine groups is 1. The van der Waals surface area contributed by atoms with Crippen LogP contribution in [0, 0.1) is 12.8 Å². The third kappa shape index (κ3) is 4.20. The highest BCUT2D eigenvalue weighted by Gasteiger charge is 2.27. The maximum atomic E-state index is 12.5. The van der Waals surface area contributed by atoms with Crippen molar-refractivity contribution in [3.63, 3.8) is 0 Å². The van der Waals surface area contributed by atoms with Gasteiger partial charge in [0.15, 0.2) is 0 Å². The molecule has 0 saturated heterocycles. The Balaban J connectivity index is 1.84. The van der Waals surface area contributed by atoms with Crippen molar-refractivity contribution >= 4 is 29.2 Å². The summed E-state index contributed by atoms with van der Waals surface area (Å²) in [4.78, 5) is 32.1. The third-order valence-electron chi connectivity index (χ3n) is 4.34. The summed E-state index contributed by atoms with van der Waals surface area (Å²) in [5.41, 5.74) is 2.84. The summed E-state index contributed by atoms with van der Waals surface area (Å²) in [6, 6.07) is 11.9. The molecule has 1 unspecified atom stereocenters. The molecule has 0 aromatic heterocycles. The molecule has 1 aliphatic rings. The maximum absolute atomic E-state index is 12.5. The van der Waals surface area contributed by atoms with Crippen LogP contribution in [-0.2, 0) is 11.2 Å². The highest BCUT2D eigenvalue weighted by Crippen LogP contribution is 2.24. The van der Waals surface area contributed by atoms with E-state index in [2.05, 4.69) is 15.3 Å². The molecule has 0 radical (unpaired) electrons. The monoisotopic (exact) mass is 365 g/mol. The van der Waals surface area contributed by atoms with Gasteiger partial charge >= 0.3 is 5.97 Å². The van der Waals surface area contributed by atoms with Gasteiger partial charge in [-0.15, -0.1) is 0 Å². The number of aliphatic imine (C=N–C) groups is 2. The van der Waals surface area contributed by atoms with Gasteiger partial charge in [0, 0.05) is 5.71 Å². The van der Waals surface area contributed by atoms with E-state index in [-0.39, 0.29) is 34.8 Å². The van der Waals surface area contributed by atoms with Gasteiger partial charge in [0.05, 0.1) is 11.6 Å². The third-order valence-corrected chi connectivity index (χ3v) is 4.34. The zero-order chi connectivity index (χ0) is 19.6. The van der Waals surface area contributed by atoms with E-state index in [0.717, 1.165) is 11.1 Å². The van der Waals surface area contributed by atoms with Crippen molar-refractivity contribution in [1.82, 2.24) is 5.32 Å². The summed E-state index contributed by atoms with van der Waals surface area (Å²) in [6.45, 7) is 3.78. The number of phenols is 1. The van der Waals surface area contributed by atoms with Crippen LogP contribution in [0.15, 0.2) is 52.4 Å². The summed E-state index contributed by atoms with van der Waals surface area (Å²) < 4.78 is 0. The molecule has 1 amide bonds. The van der Waals surface area contributed by atoms with Crippen molar-refractivity contribution in [2.24, 2.45) is 15.9 Å². The fourth-order valence-corrected chi connectivity index (χ4v) is 2.80. The molecule has 7 nitrogen and oxygen atoms in total. The van der Waals surface area contributed by atoms with Gasteiger partial charge in [0.2, 0.25) is 11.9 Å². The van der Waals surface area contributed by atoms with Gasteiger partial charge in [-0.25, -0.2) is 14.8 Å². The van der Waals surface area contributed by atoms with Crippen LogP contribution >= 0.6 is 0 Å². The van der Waals surface area contributed by atoms with E-state index in [1.165, 1.54) is 18.2 Å². The van der Waals surface area contributed by atoms with Crippen molar-refractivity contribution in [3.05, 3.63) is 59.2 Å². The molecule has 7 heteroatoms. The number of nitrogens with zero attached hydrogens (tertiary/aromatic N) is 2. The first-order valence-electron chi connectivity index (χ1n) is 8.40. The van der Waals surface area contributed by atoms with Crippen LogP contribution in [0.1, 0.15) is 28.4 Å². The number of aromatic hydroxyl groups is 1. The number of carboxylic acid groups (broad SMARTS) is 1. The van der Waals surface area contributed by atoms with E-state index in [1.54, 1.807) is 6.92 Å². The molecule has 1 atom stereocenters. The Morgan fingerprint density at radius 2 is 1.89 bits per heavy atom. The summed E-state index contributed by atoms with van der Waals surface area (Å²) in [5, 5.41) is 21.3. The number of carbonyl (C=O) groups excluding carboxylic acids is 1. The number of aromatic carboxylic acids is 1. The first-order valence-corrected chi connectivity index (χ1v) is 8.40. The second kappa shape index (κ2) is 7.41. The number of carboxylic acids is 1. The Labute approximate surface area is 156 Å². The minimum Gasteiger partial charge on any atom is -0.507 e. The van der Waals surface area contributed by atoms with Crippen molar-refractivity contribution in [3.8, 4) is 5.75 Å². The SMILES string of the molecule is CC1=NC(=Nc2ccc(O)c(C(=O)O)c2)NC(=O)C1Cc1ccc(C)cc1. The number of amides is 1. The maximum Gasteiger partial charge on any atom is 0.339 e. The highest BCUT2D eigenvalue weighted by atomic mass is 16.4. The first-order chi connectivity index (χ1) is 12.8. The lowest BCUT2D eigenvalue weighted by molar-refractivity contribution is -0.121. The van der Waals surface area contributed by atoms with Gasteiger partial charge in [-0.1, -0.05) is 29.8 Å². The zero-order valence-electron chi connectivity index (χ0n) is 14.9. The molecule has 138 valence electrons. The fourth-order valence-electron chi connectivity index (χ4n) is 2.80. The van der Waals surface area contributed by atoms with E-state index in [0.29, 0.717) is 12.1 Å². The molecule has 2 aromatic rings. The van der Waals surface area contributed by atoms with Crippen LogP contribution in [0.3, 0.4) is 0 Å². The van der Waals surface area contributed by atoms with Crippen molar-refractivity contribution in [2.75, 3.05) is 0 Å². The summed E-state index contributed by atoms with van der Waals surface area (Å²) in [5.74, 6) is -2.11. The molecule has 0 aliphatic carbocycles. The second-order valence-corrected chi connectivity index (χ2v) is 6.43. The number of benzene rings is 2. The number of aryl methyl sites for hydroxylation is 1. The van der Waals surface area contributed by atoms with E-state index >= 15 is 0 Å². The molecule has 2 aromatic carbocycles. The minimum atomic E-state index is -1.26. The van der Waals surface area contributed by atoms with E-state index in [9.17, 15) is 14.7 Å². The quantitative estimate of drug-likeness (QED) is 0.773. The average Bonchev–Trinajstić information content (AvgIpc) is 2.61. The van der Waals surface area contributed by atoms with Gasteiger partial charge in [-0.2, -0.15) is 0 Å². The van der Waals surface area contributed by atoms with Crippen molar-refractivity contribution < 1.29 is 19.8 Å². The Hall–Kier alpha value is -3.48. The zero-order valence-corrected chi connectivity index (χ0v) is 14.9. The first kappa shape index (κ1) is 18.3. The van der Waals surface area contributed by atoms with Gasteiger partial charge in [-0.05, 0) is 44.0 Å². The van der Waals surface area contributed by atoms with E-state index in [1.807, 2.05) is 31.2 Å².